The van der Waals surface area contributed by atoms with Gasteiger partial charge in [0.1, 0.15) is 5.82 Å². The SMILES string of the molecule is CN(Cc1nccn1C(F)F)C(=O)Cc1ccc([N+](=O)[O-])cc1. The molecule has 7 nitrogen and oxygen atoms in total. The van der Waals surface area contributed by atoms with Gasteiger partial charge >= 0.3 is 6.55 Å². The largest absolute Gasteiger partial charge is 0.338 e. The number of benzene rings is 1. The van der Waals surface area contributed by atoms with Gasteiger partial charge in [-0.3, -0.25) is 19.5 Å². The Morgan fingerprint density at radius 3 is 2.61 bits per heavy atom. The van der Waals surface area contributed by atoms with Crippen LogP contribution in [0.4, 0.5) is 14.5 Å². The van der Waals surface area contributed by atoms with E-state index < -0.39 is 11.5 Å². The summed E-state index contributed by atoms with van der Waals surface area (Å²) < 4.78 is 26.1. The lowest BCUT2D eigenvalue weighted by molar-refractivity contribution is -0.384. The second kappa shape index (κ2) is 6.95. The minimum atomic E-state index is -2.72. The number of rotatable bonds is 6. The number of likely N-dealkylation sites (N-methyl/N-ethyl adjacent to an activating group) is 1. The Hall–Kier alpha value is -2.84. The van der Waals surface area contributed by atoms with Crippen molar-refractivity contribution >= 4 is 11.6 Å². The highest BCUT2D eigenvalue weighted by molar-refractivity contribution is 5.78. The minimum absolute atomic E-state index is 0.0177. The molecule has 1 aromatic carbocycles. The van der Waals surface area contributed by atoms with Crippen molar-refractivity contribution in [2.75, 3.05) is 7.05 Å². The van der Waals surface area contributed by atoms with Gasteiger partial charge in [0, 0.05) is 31.6 Å². The number of nitro groups is 1. The van der Waals surface area contributed by atoms with Gasteiger partial charge in [-0.15, -0.1) is 0 Å². The van der Waals surface area contributed by atoms with Gasteiger partial charge in [0.05, 0.1) is 17.9 Å². The maximum Gasteiger partial charge on any atom is 0.319 e. The zero-order valence-electron chi connectivity index (χ0n) is 12.2. The molecule has 1 aromatic heterocycles. The van der Waals surface area contributed by atoms with E-state index in [0.717, 1.165) is 6.20 Å². The molecule has 2 rings (SSSR count). The normalized spacial score (nSPS) is 10.8. The fourth-order valence-electron chi connectivity index (χ4n) is 1.99. The van der Waals surface area contributed by atoms with Crippen molar-refractivity contribution in [3.05, 3.63) is 58.2 Å². The van der Waals surface area contributed by atoms with E-state index in [9.17, 15) is 23.7 Å². The third-order valence-electron chi connectivity index (χ3n) is 3.27. The van der Waals surface area contributed by atoms with Crippen molar-refractivity contribution in [1.82, 2.24) is 14.5 Å². The maximum absolute atomic E-state index is 12.7. The molecule has 23 heavy (non-hydrogen) atoms. The second-order valence-corrected chi connectivity index (χ2v) is 4.88. The average molecular weight is 324 g/mol. The Morgan fingerprint density at radius 2 is 2.04 bits per heavy atom. The fourth-order valence-corrected chi connectivity index (χ4v) is 1.99. The van der Waals surface area contributed by atoms with Gasteiger partial charge in [-0.25, -0.2) is 4.98 Å². The summed E-state index contributed by atoms with van der Waals surface area (Å²) in [6, 6.07) is 5.60. The summed E-state index contributed by atoms with van der Waals surface area (Å²) in [4.78, 5) is 27.2. The summed E-state index contributed by atoms with van der Waals surface area (Å²) in [6.07, 6.45) is 2.41. The van der Waals surface area contributed by atoms with Gasteiger partial charge in [-0.2, -0.15) is 8.78 Å². The first-order valence-corrected chi connectivity index (χ1v) is 6.65. The minimum Gasteiger partial charge on any atom is -0.338 e. The Balaban J connectivity index is 1.99. The topological polar surface area (TPSA) is 81.3 Å². The predicted molar refractivity (Wildman–Crippen MR) is 76.8 cm³/mol. The summed E-state index contributed by atoms with van der Waals surface area (Å²) in [6.45, 7) is -2.77. The molecule has 0 radical (unpaired) electrons. The maximum atomic E-state index is 12.7. The lowest BCUT2D eigenvalue weighted by Gasteiger charge is -2.17. The Kier molecular flexibility index (Phi) is 4.99. The van der Waals surface area contributed by atoms with E-state index in [2.05, 4.69) is 4.98 Å². The van der Waals surface area contributed by atoms with Crippen LogP contribution in [0.5, 0.6) is 0 Å². The first-order valence-electron chi connectivity index (χ1n) is 6.65. The van der Waals surface area contributed by atoms with Crippen molar-refractivity contribution in [3.8, 4) is 0 Å². The molecule has 122 valence electrons. The number of carbonyl (C=O) groups excluding carboxylic acids is 1. The number of hydrogen-bond donors (Lipinski definition) is 0. The second-order valence-electron chi connectivity index (χ2n) is 4.88. The Morgan fingerprint density at radius 1 is 1.39 bits per heavy atom. The van der Waals surface area contributed by atoms with Crippen molar-refractivity contribution in [3.63, 3.8) is 0 Å². The summed E-state index contributed by atoms with van der Waals surface area (Å²) in [5.74, 6) is -0.220. The number of alkyl halides is 2. The first kappa shape index (κ1) is 16.5. The van der Waals surface area contributed by atoms with Crippen molar-refractivity contribution < 1.29 is 18.5 Å². The molecule has 0 saturated heterocycles. The molecule has 0 bridgehead atoms. The lowest BCUT2D eigenvalue weighted by atomic mass is 10.1. The van der Waals surface area contributed by atoms with Crippen molar-refractivity contribution in [1.29, 1.82) is 0 Å². The highest BCUT2D eigenvalue weighted by Gasteiger charge is 2.16. The third-order valence-corrected chi connectivity index (χ3v) is 3.27. The molecule has 0 aliphatic heterocycles. The number of hydrogen-bond acceptors (Lipinski definition) is 4. The molecule has 0 saturated carbocycles. The summed E-state index contributed by atoms with van der Waals surface area (Å²) >= 11 is 0. The van der Waals surface area contributed by atoms with E-state index in [-0.39, 0.29) is 30.4 Å². The number of nitrogens with zero attached hydrogens (tertiary/aromatic N) is 4. The Labute approximate surface area is 130 Å². The number of nitro benzene ring substituents is 1. The predicted octanol–water partition coefficient (Wildman–Crippen LogP) is 2.39. The molecule has 0 unspecified atom stereocenters. The molecule has 1 heterocycles. The van der Waals surface area contributed by atoms with Crippen LogP contribution in [-0.4, -0.2) is 32.3 Å². The van der Waals surface area contributed by atoms with Crippen LogP contribution in [0.25, 0.3) is 0 Å². The fraction of sp³-hybridized carbons (Fsp3) is 0.286. The summed E-state index contributed by atoms with van der Waals surface area (Å²) in [7, 11) is 1.48. The van der Waals surface area contributed by atoms with Crippen molar-refractivity contribution in [2.24, 2.45) is 0 Å². The number of halogens is 2. The first-order chi connectivity index (χ1) is 10.9. The van der Waals surface area contributed by atoms with Crippen LogP contribution in [0, 0.1) is 10.1 Å². The van der Waals surface area contributed by atoms with E-state index in [4.69, 9.17) is 0 Å². The van der Waals surface area contributed by atoms with Gasteiger partial charge in [-0.1, -0.05) is 12.1 Å². The van der Waals surface area contributed by atoms with E-state index in [1.807, 2.05) is 0 Å². The van der Waals surface area contributed by atoms with Gasteiger partial charge < -0.3 is 4.90 Å². The monoisotopic (exact) mass is 324 g/mol. The number of imidazole rings is 1. The quantitative estimate of drug-likeness (QED) is 0.603. The van der Waals surface area contributed by atoms with Gasteiger partial charge in [0.2, 0.25) is 5.91 Å². The van der Waals surface area contributed by atoms with Crippen LogP contribution in [0.3, 0.4) is 0 Å². The molecule has 0 fully saturated rings. The van der Waals surface area contributed by atoms with Crippen LogP contribution in [-0.2, 0) is 17.8 Å². The molecular weight excluding hydrogens is 310 g/mol. The zero-order valence-corrected chi connectivity index (χ0v) is 12.2. The molecule has 1 amide bonds. The van der Waals surface area contributed by atoms with Crippen LogP contribution < -0.4 is 0 Å². The van der Waals surface area contributed by atoms with Crippen LogP contribution >= 0.6 is 0 Å². The summed E-state index contributed by atoms with van der Waals surface area (Å²) in [5.41, 5.74) is 0.540. The van der Waals surface area contributed by atoms with Crippen LogP contribution in [0.1, 0.15) is 17.9 Å². The molecule has 0 aliphatic rings. The highest BCUT2D eigenvalue weighted by atomic mass is 19.3. The van der Waals surface area contributed by atoms with Crippen LogP contribution in [0.15, 0.2) is 36.7 Å². The van der Waals surface area contributed by atoms with Gasteiger partial charge in [-0.05, 0) is 5.56 Å². The number of non-ortho nitro benzene ring substituents is 1. The zero-order chi connectivity index (χ0) is 17.0. The molecule has 9 heteroatoms. The molecule has 0 atom stereocenters. The van der Waals surface area contributed by atoms with Gasteiger partial charge in [0.25, 0.3) is 5.69 Å². The van der Waals surface area contributed by atoms with E-state index in [1.54, 1.807) is 0 Å². The average Bonchev–Trinajstić information content (AvgIpc) is 2.96. The smallest absolute Gasteiger partial charge is 0.319 e. The molecule has 0 aliphatic carbocycles. The highest BCUT2D eigenvalue weighted by Crippen LogP contribution is 2.15. The molecule has 0 N–H and O–H groups in total. The van der Waals surface area contributed by atoms with E-state index in [0.29, 0.717) is 10.1 Å². The van der Waals surface area contributed by atoms with E-state index >= 15 is 0 Å². The van der Waals surface area contributed by atoms with Crippen molar-refractivity contribution in [2.45, 2.75) is 19.5 Å². The number of carbonyl (C=O) groups is 1. The number of aromatic nitrogens is 2. The number of amides is 1. The lowest BCUT2D eigenvalue weighted by Crippen LogP contribution is -2.29. The Bertz CT molecular complexity index is 700. The summed E-state index contributed by atoms with van der Waals surface area (Å²) in [5, 5.41) is 10.6. The molecular formula is C14H14F2N4O3. The van der Waals surface area contributed by atoms with Crippen LogP contribution in [0.2, 0.25) is 0 Å². The standard InChI is InChI=1S/C14H14F2N4O3/c1-18(9-12-17-6-7-19(12)14(15)16)13(21)8-10-2-4-11(5-3-10)20(22)23/h2-7,14H,8-9H2,1H3. The van der Waals surface area contributed by atoms with E-state index in [1.165, 1.54) is 42.4 Å². The third kappa shape index (κ3) is 4.09. The van der Waals surface area contributed by atoms with Gasteiger partial charge in [0.15, 0.2) is 0 Å². The molecule has 0 spiro atoms. The molecule has 2 aromatic rings.